The standard InChI is InChI=1S/C28H32N2O5/c1-4-13-28(26(32)33)16-30(17-28)25(31)14-24(18(2)3)29-27(34)35-15-23-21-11-7-5-9-19(21)20-10-6-8-12-22(20)23/h4-12,18,23-24H,1,13-17H2,2-3H3,(H,29,34)(H,32,33)/t24-/m0/s1. The number of nitrogens with zero attached hydrogens (tertiary/aromatic N) is 1. The van der Waals surface area contributed by atoms with Gasteiger partial charge in [-0.2, -0.15) is 0 Å². The average Bonchev–Trinajstić information content (AvgIpc) is 3.12. The molecular weight excluding hydrogens is 444 g/mol. The maximum absolute atomic E-state index is 12.8. The number of carbonyl (C=O) groups is 3. The second-order valence-electron chi connectivity index (χ2n) is 9.85. The Labute approximate surface area is 205 Å². The van der Waals surface area contributed by atoms with Crippen molar-refractivity contribution in [3.63, 3.8) is 0 Å². The van der Waals surface area contributed by atoms with Gasteiger partial charge in [0, 0.05) is 31.5 Å². The van der Waals surface area contributed by atoms with E-state index >= 15 is 0 Å². The zero-order chi connectivity index (χ0) is 25.2. The maximum Gasteiger partial charge on any atom is 0.407 e. The van der Waals surface area contributed by atoms with Crippen molar-refractivity contribution in [2.45, 2.75) is 38.6 Å². The van der Waals surface area contributed by atoms with Gasteiger partial charge in [0.05, 0.1) is 0 Å². The molecule has 35 heavy (non-hydrogen) atoms. The van der Waals surface area contributed by atoms with E-state index in [0.29, 0.717) is 6.42 Å². The normalized spacial score (nSPS) is 16.6. The minimum Gasteiger partial charge on any atom is -0.481 e. The van der Waals surface area contributed by atoms with Crippen molar-refractivity contribution in [3.8, 4) is 11.1 Å². The van der Waals surface area contributed by atoms with Gasteiger partial charge in [0.1, 0.15) is 12.0 Å². The van der Waals surface area contributed by atoms with Gasteiger partial charge in [0.2, 0.25) is 5.91 Å². The number of carboxylic acids is 1. The molecule has 1 heterocycles. The average molecular weight is 477 g/mol. The van der Waals surface area contributed by atoms with Crippen LogP contribution in [0.3, 0.4) is 0 Å². The maximum atomic E-state index is 12.8. The zero-order valence-corrected chi connectivity index (χ0v) is 20.2. The fraction of sp³-hybridized carbons (Fsp3) is 0.393. The molecule has 2 aromatic rings. The van der Waals surface area contributed by atoms with Crippen LogP contribution < -0.4 is 5.32 Å². The van der Waals surface area contributed by atoms with Crippen LogP contribution in [-0.2, 0) is 14.3 Å². The summed E-state index contributed by atoms with van der Waals surface area (Å²) in [6.07, 6.45) is 1.42. The Hall–Kier alpha value is -3.61. The van der Waals surface area contributed by atoms with E-state index in [1.807, 2.05) is 38.1 Å². The number of carboxylic acid groups (broad SMARTS) is 1. The molecule has 184 valence electrons. The molecule has 1 saturated heterocycles. The second kappa shape index (κ2) is 9.94. The lowest BCUT2D eigenvalue weighted by Crippen LogP contribution is -2.62. The molecule has 7 heteroatoms. The van der Waals surface area contributed by atoms with E-state index in [-0.39, 0.29) is 43.9 Å². The lowest BCUT2D eigenvalue weighted by atomic mass is 9.76. The van der Waals surface area contributed by atoms with E-state index in [2.05, 4.69) is 36.2 Å². The van der Waals surface area contributed by atoms with Gasteiger partial charge in [-0.15, -0.1) is 6.58 Å². The highest BCUT2D eigenvalue weighted by Gasteiger charge is 2.50. The predicted octanol–water partition coefficient (Wildman–Crippen LogP) is 4.43. The molecule has 2 N–H and O–H groups in total. The van der Waals surface area contributed by atoms with Crippen molar-refractivity contribution in [2.75, 3.05) is 19.7 Å². The van der Waals surface area contributed by atoms with Crippen LogP contribution in [-0.4, -0.2) is 53.7 Å². The smallest absolute Gasteiger partial charge is 0.407 e. The molecule has 2 amide bonds. The molecule has 1 aliphatic carbocycles. The van der Waals surface area contributed by atoms with Crippen molar-refractivity contribution in [3.05, 3.63) is 72.3 Å². The number of benzene rings is 2. The summed E-state index contributed by atoms with van der Waals surface area (Å²) in [6.45, 7) is 8.00. The lowest BCUT2D eigenvalue weighted by Gasteiger charge is -2.47. The summed E-state index contributed by atoms with van der Waals surface area (Å²) in [5, 5.41) is 12.4. The fourth-order valence-electron chi connectivity index (χ4n) is 5.05. The number of rotatable bonds is 9. The highest BCUT2D eigenvalue weighted by Crippen LogP contribution is 2.44. The van der Waals surface area contributed by atoms with Gasteiger partial charge in [-0.05, 0) is 34.6 Å². The number of hydrogen-bond donors (Lipinski definition) is 2. The number of aliphatic carboxylic acids is 1. The van der Waals surface area contributed by atoms with Crippen molar-refractivity contribution in [2.24, 2.45) is 11.3 Å². The van der Waals surface area contributed by atoms with Crippen LogP contribution in [0.2, 0.25) is 0 Å². The Morgan fingerprint density at radius 3 is 2.20 bits per heavy atom. The van der Waals surface area contributed by atoms with E-state index < -0.39 is 23.5 Å². The van der Waals surface area contributed by atoms with Crippen LogP contribution in [0.5, 0.6) is 0 Å². The van der Waals surface area contributed by atoms with Crippen molar-refractivity contribution in [1.29, 1.82) is 0 Å². The monoisotopic (exact) mass is 476 g/mol. The van der Waals surface area contributed by atoms with Crippen LogP contribution in [0.4, 0.5) is 4.79 Å². The van der Waals surface area contributed by atoms with Gasteiger partial charge in [-0.1, -0.05) is 68.5 Å². The van der Waals surface area contributed by atoms with E-state index in [9.17, 15) is 19.5 Å². The molecule has 0 unspecified atom stereocenters. The van der Waals surface area contributed by atoms with Crippen molar-refractivity contribution in [1.82, 2.24) is 10.2 Å². The number of hydrogen-bond acceptors (Lipinski definition) is 4. The minimum absolute atomic E-state index is 0.00175. The third kappa shape index (κ3) is 4.81. The summed E-state index contributed by atoms with van der Waals surface area (Å²) < 4.78 is 5.64. The van der Waals surface area contributed by atoms with E-state index in [4.69, 9.17) is 4.74 Å². The van der Waals surface area contributed by atoms with Crippen LogP contribution in [0, 0.1) is 11.3 Å². The molecular formula is C28H32N2O5. The van der Waals surface area contributed by atoms with Crippen molar-refractivity contribution < 1.29 is 24.2 Å². The fourth-order valence-corrected chi connectivity index (χ4v) is 5.05. The van der Waals surface area contributed by atoms with E-state index in [1.165, 1.54) is 4.90 Å². The van der Waals surface area contributed by atoms with Gasteiger partial charge in [0.15, 0.2) is 0 Å². The summed E-state index contributed by atoms with van der Waals surface area (Å²) in [5.41, 5.74) is 3.63. The van der Waals surface area contributed by atoms with Gasteiger partial charge in [0.25, 0.3) is 0 Å². The number of amides is 2. The lowest BCUT2D eigenvalue weighted by molar-refractivity contribution is -0.165. The zero-order valence-electron chi connectivity index (χ0n) is 20.2. The Morgan fingerprint density at radius 2 is 1.69 bits per heavy atom. The molecule has 4 rings (SSSR count). The quantitative estimate of drug-likeness (QED) is 0.522. The Kier molecular flexibility index (Phi) is 6.96. The molecule has 1 fully saturated rings. The molecule has 2 aromatic carbocycles. The van der Waals surface area contributed by atoms with E-state index in [0.717, 1.165) is 22.3 Å². The molecule has 0 radical (unpaired) electrons. The predicted molar refractivity (Wildman–Crippen MR) is 133 cm³/mol. The minimum atomic E-state index is -0.953. The molecule has 7 nitrogen and oxygen atoms in total. The summed E-state index contributed by atoms with van der Waals surface area (Å²) in [5.74, 6) is -1.14. The first-order valence-corrected chi connectivity index (χ1v) is 12.0. The highest BCUT2D eigenvalue weighted by molar-refractivity contribution is 5.84. The summed E-state index contributed by atoms with van der Waals surface area (Å²) >= 11 is 0. The first kappa shape index (κ1) is 24.5. The Balaban J connectivity index is 1.34. The third-order valence-corrected chi connectivity index (χ3v) is 7.17. The number of fused-ring (bicyclic) bond motifs is 3. The first-order chi connectivity index (χ1) is 16.8. The van der Waals surface area contributed by atoms with E-state index in [1.54, 1.807) is 6.08 Å². The Bertz CT molecular complexity index is 1090. The van der Waals surface area contributed by atoms with Crippen LogP contribution in [0.15, 0.2) is 61.2 Å². The number of alkyl carbamates (subject to hydrolysis) is 1. The van der Waals surface area contributed by atoms with Gasteiger partial charge >= 0.3 is 12.1 Å². The molecule has 0 saturated carbocycles. The number of likely N-dealkylation sites (tertiary alicyclic amines) is 1. The number of allylic oxidation sites excluding steroid dienone is 1. The Morgan fingerprint density at radius 1 is 1.11 bits per heavy atom. The number of ether oxygens (including phenoxy) is 1. The van der Waals surface area contributed by atoms with Crippen LogP contribution in [0.25, 0.3) is 11.1 Å². The SMILES string of the molecule is C=CCC1(C(=O)O)CN(C(=O)C[C@H](NC(=O)OCC2c3ccccc3-c3ccccc32)C(C)C)C1. The van der Waals surface area contributed by atoms with Gasteiger partial charge < -0.3 is 20.1 Å². The largest absolute Gasteiger partial charge is 0.481 e. The first-order valence-electron chi connectivity index (χ1n) is 12.0. The molecule has 0 spiro atoms. The summed E-state index contributed by atoms with van der Waals surface area (Å²) in [6, 6.07) is 15.9. The van der Waals surface area contributed by atoms with Crippen LogP contribution >= 0.6 is 0 Å². The van der Waals surface area contributed by atoms with Crippen LogP contribution in [0.1, 0.15) is 43.7 Å². The molecule has 0 bridgehead atoms. The molecule has 1 aliphatic heterocycles. The van der Waals surface area contributed by atoms with Gasteiger partial charge in [-0.3, -0.25) is 9.59 Å². The topological polar surface area (TPSA) is 95.9 Å². The summed E-state index contributed by atoms with van der Waals surface area (Å²) in [4.78, 5) is 38.6. The van der Waals surface area contributed by atoms with Gasteiger partial charge in [-0.25, -0.2) is 4.79 Å². The molecule has 0 aromatic heterocycles. The molecule has 2 aliphatic rings. The highest BCUT2D eigenvalue weighted by atomic mass is 16.5. The second-order valence-corrected chi connectivity index (χ2v) is 9.85. The third-order valence-electron chi connectivity index (χ3n) is 7.17. The molecule has 1 atom stereocenters. The number of nitrogens with one attached hydrogen (secondary N) is 1. The number of carbonyl (C=O) groups excluding carboxylic acids is 2. The summed E-state index contributed by atoms with van der Waals surface area (Å²) in [7, 11) is 0. The van der Waals surface area contributed by atoms with Crippen molar-refractivity contribution >= 4 is 18.0 Å².